The summed E-state index contributed by atoms with van der Waals surface area (Å²) in [5.41, 5.74) is 0.677. The van der Waals surface area contributed by atoms with Crippen LogP contribution in [0, 0.1) is 5.82 Å². The van der Waals surface area contributed by atoms with Crippen molar-refractivity contribution in [2.75, 3.05) is 19.3 Å². The largest absolute Gasteiger partial charge is 0.334 e. The van der Waals surface area contributed by atoms with Crippen LogP contribution in [0.5, 0.6) is 0 Å². The van der Waals surface area contributed by atoms with Crippen molar-refractivity contribution >= 4 is 16.1 Å². The predicted octanol–water partition coefficient (Wildman–Crippen LogP) is 1.05. The molecule has 0 spiro atoms. The maximum atomic E-state index is 13.1. The molecule has 1 aliphatic rings. The highest BCUT2D eigenvalue weighted by atomic mass is 32.2. The summed E-state index contributed by atoms with van der Waals surface area (Å²) >= 11 is 0. The van der Waals surface area contributed by atoms with Gasteiger partial charge in [0.15, 0.2) is 0 Å². The first-order chi connectivity index (χ1) is 10.3. The van der Waals surface area contributed by atoms with Gasteiger partial charge in [-0.2, -0.15) is 0 Å². The molecule has 2 amide bonds. The summed E-state index contributed by atoms with van der Waals surface area (Å²) in [5, 5.41) is 2.72. The molecule has 8 heteroatoms. The minimum absolute atomic E-state index is 0.233. The van der Waals surface area contributed by atoms with E-state index in [1.54, 1.807) is 17.0 Å². The molecule has 22 heavy (non-hydrogen) atoms. The molecule has 1 fully saturated rings. The number of carbonyl (C=O) groups excluding carboxylic acids is 1. The smallest absolute Gasteiger partial charge is 0.317 e. The van der Waals surface area contributed by atoms with Crippen LogP contribution in [0.2, 0.25) is 0 Å². The quantitative estimate of drug-likeness (QED) is 0.867. The number of sulfonamides is 1. The van der Waals surface area contributed by atoms with Gasteiger partial charge in [-0.15, -0.1) is 0 Å². The fourth-order valence-corrected chi connectivity index (χ4v) is 3.29. The van der Waals surface area contributed by atoms with Crippen molar-refractivity contribution in [1.82, 2.24) is 14.9 Å². The number of likely N-dealkylation sites (tertiary alicyclic amines) is 1. The van der Waals surface area contributed by atoms with Crippen LogP contribution < -0.4 is 10.0 Å². The molecule has 0 saturated carbocycles. The molecule has 2 N–H and O–H groups in total. The molecule has 2 rings (SSSR count). The van der Waals surface area contributed by atoms with E-state index in [1.807, 2.05) is 0 Å². The molecule has 122 valence electrons. The molecule has 1 aromatic carbocycles. The van der Waals surface area contributed by atoms with Crippen molar-refractivity contribution < 1.29 is 17.6 Å². The van der Waals surface area contributed by atoms with Gasteiger partial charge < -0.3 is 10.2 Å². The molecular weight excluding hydrogens is 309 g/mol. The molecule has 1 aliphatic heterocycles. The van der Waals surface area contributed by atoms with Crippen molar-refractivity contribution in [2.45, 2.75) is 25.4 Å². The van der Waals surface area contributed by atoms with Crippen LogP contribution in [0.4, 0.5) is 9.18 Å². The number of benzene rings is 1. The van der Waals surface area contributed by atoms with Gasteiger partial charge in [-0.05, 0) is 30.5 Å². The minimum atomic E-state index is -3.28. The summed E-state index contributed by atoms with van der Waals surface area (Å²) in [4.78, 5) is 13.7. The van der Waals surface area contributed by atoms with E-state index in [2.05, 4.69) is 10.0 Å². The van der Waals surface area contributed by atoms with Crippen LogP contribution in [0.1, 0.15) is 18.4 Å². The summed E-state index contributed by atoms with van der Waals surface area (Å²) in [7, 11) is -3.28. The highest BCUT2D eigenvalue weighted by molar-refractivity contribution is 7.88. The summed E-state index contributed by atoms with van der Waals surface area (Å²) in [6, 6.07) is 5.49. The lowest BCUT2D eigenvalue weighted by Crippen LogP contribution is -2.51. The van der Waals surface area contributed by atoms with Gasteiger partial charge in [-0.1, -0.05) is 12.1 Å². The van der Waals surface area contributed by atoms with Crippen LogP contribution in [-0.4, -0.2) is 44.7 Å². The molecule has 1 saturated heterocycles. The number of urea groups is 1. The number of amides is 2. The third-order valence-corrected chi connectivity index (χ3v) is 4.18. The third kappa shape index (κ3) is 5.27. The average molecular weight is 329 g/mol. The van der Waals surface area contributed by atoms with Crippen molar-refractivity contribution in [2.24, 2.45) is 0 Å². The van der Waals surface area contributed by atoms with E-state index in [4.69, 9.17) is 0 Å². The first-order valence-electron chi connectivity index (χ1n) is 7.08. The first-order valence-corrected chi connectivity index (χ1v) is 8.97. The van der Waals surface area contributed by atoms with Gasteiger partial charge in [0.25, 0.3) is 0 Å². The normalized spacial score (nSPS) is 19.0. The lowest BCUT2D eigenvalue weighted by molar-refractivity contribution is 0.177. The van der Waals surface area contributed by atoms with E-state index in [9.17, 15) is 17.6 Å². The van der Waals surface area contributed by atoms with Gasteiger partial charge in [0, 0.05) is 25.7 Å². The lowest BCUT2D eigenvalue weighted by atomic mass is 10.1. The number of carbonyl (C=O) groups is 1. The van der Waals surface area contributed by atoms with Gasteiger partial charge in [-0.3, -0.25) is 0 Å². The standard InChI is InChI=1S/C14H20FN3O3S/c1-22(20,21)17-13-6-3-7-18(10-13)14(19)16-9-11-4-2-5-12(15)8-11/h2,4-5,8,13,17H,3,6-7,9-10H2,1H3,(H,16,19)/t13-/m1/s1. The maximum absolute atomic E-state index is 13.1. The fourth-order valence-electron chi connectivity index (χ4n) is 2.50. The Morgan fingerprint density at radius 3 is 2.91 bits per heavy atom. The Bertz CT molecular complexity index is 636. The second-order valence-electron chi connectivity index (χ2n) is 5.46. The molecule has 0 bridgehead atoms. The van der Waals surface area contributed by atoms with Crippen LogP contribution in [-0.2, 0) is 16.6 Å². The molecule has 0 unspecified atom stereocenters. The third-order valence-electron chi connectivity index (χ3n) is 3.42. The Hall–Kier alpha value is -1.67. The fraction of sp³-hybridized carbons (Fsp3) is 0.500. The number of piperidine rings is 1. The van der Waals surface area contributed by atoms with Gasteiger partial charge >= 0.3 is 6.03 Å². The number of rotatable bonds is 4. The Labute approximate surface area is 129 Å². The highest BCUT2D eigenvalue weighted by Crippen LogP contribution is 2.11. The van der Waals surface area contributed by atoms with Crippen molar-refractivity contribution in [3.63, 3.8) is 0 Å². The molecule has 0 aromatic heterocycles. The van der Waals surface area contributed by atoms with Crippen molar-refractivity contribution in [1.29, 1.82) is 0 Å². The van der Waals surface area contributed by atoms with Crippen LogP contribution in [0.15, 0.2) is 24.3 Å². The summed E-state index contributed by atoms with van der Waals surface area (Å²) in [5.74, 6) is -0.345. The maximum Gasteiger partial charge on any atom is 0.317 e. The number of hydrogen-bond acceptors (Lipinski definition) is 3. The summed E-state index contributed by atoms with van der Waals surface area (Å²) in [6.07, 6.45) is 2.55. The van der Waals surface area contributed by atoms with E-state index < -0.39 is 10.0 Å². The minimum Gasteiger partial charge on any atom is -0.334 e. The van der Waals surface area contributed by atoms with Crippen molar-refractivity contribution in [3.05, 3.63) is 35.6 Å². The van der Waals surface area contributed by atoms with Gasteiger partial charge in [0.1, 0.15) is 5.82 Å². The van der Waals surface area contributed by atoms with Crippen LogP contribution in [0.3, 0.4) is 0 Å². The Morgan fingerprint density at radius 1 is 1.45 bits per heavy atom. The van der Waals surface area contributed by atoms with Gasteiger partial charge in [0.2, 0.25) is 10.0 Å². The van der Waals surface area contributed by atoms with E-state index in [0.29, 0.717) is 25.1 Å². The highest BCUT2D eigenvalue weighted by Gasteiger charge is 2.25. The number of nitrogens with one attached hydrogen (secondary N) is 2. The number of nitrogens with zero attached hydrogens (tertiary/aromatic N) is 1. The van der Waals surface area contributed by atoms with Crippen LogP contribution in [0.25, 0.3) is 0 Å². The molecule has 1 heterocycles. The van der Waals surface area contributed by atoms with Gasteiger partial charge in [-0.25, -0.2) is 22.3 Å². The second kappa shape index (κ2) is 7.06. The van der Waals surface area contributed by atoms with E-state index in [0.717, 1.165) is 12.7 Å². The topological polar surface area (TPSA) is 78.5 Å². The Balaban J connectivity index is 1.86. The Kier molecular flexibility index (Phi) is 5.36. The van der Waals surface area contributed by atoms with E-state index in [1.165, 1.54) is 12.1 Å². The van der Waals surface area contributed by atoms with E-state index >= 15 is 0 Å². The number of halogens is 1. The predicted molar refractivity (Wildman–Crippen MR) is 81.2 cm³/mol. The lowest BCUT2D eigenvalue weighted by Gasteiger charge is -2.32. The molecule has 0 radical (unpaired) electrons. The zero-order valence-electron chi connectivity index (χ0n) is 12.4. The molecule has 0 aliphatic carbocycles. The van der Waals surface area contributed by atoms with Crippen LogP contribution >= 0.6 is 0 Å². The molecule has 1 atom stereocenters. The average Bonchev–Trinajstić information content (AvgIpc) is 2.43. The van der Waals surface area contributed by atoms with Crippen molar-refractivity contribution in [3.8, 4) is 0 Å². The SMILES string of the molecule is CS(=O)(=O)N[C@@H]1CCCN(C(=O)NCc2cccc(F)c2)C1. The van der Waals surface area contributed by atoms with Gasteiger partial charge in [0.05, 0.1) is 6.26 Å². The second-order valence-corrected chi connectivity index (χ2v) is 7.24. The molecule has 1 aromatic rings. The zero-order chi connectivity index (χ0) is 16.2. The Morgan fingerprint density at radius 2 is 2.23 bits per heavy atom. The molecule has 6 nitrogen and oxygen atoms in total. The first kappa shape index (κ1) is 16.7. The zero-order valence-corrected chi connectivity index (χ0v) is 13.2. The summed E-state index contributed by atoms with van der Waals surface area (Å²) < 4.78 is 38.1. The van der Waals surface area contributed by atoms with E-state index in [-0.39, 0.29) is 24.4 Å². The number of hydrogen-bond donors (Lipinski definition) is 2. The monoisotopic (exact) mass is 329 g/mol. The molecular formula is C14H20FN3O3S. The summed E-state index contributed by atoms with van der Waals surface area (Å²) in [6.45, 7) is 1.15.